The van der Waals surface area contributed by atoms with E-state index in [4.69, 9.17) is 15.9 Å². The Morgan fingerprint density at radius 3 is 1.87 bits per heavy atom. The standard InChI is InChI=1S/2C17H24O2/c1-13(10-12-19-15(3)18)8-9-16-14(2)7-6-11-17(16,4)5;1-7-17(6,19-14(3)18)12-10-15-13(2)9-8-11-16(15,4)5/h7,9,12H,6,8,11H2,1-5H3;1,9-10H,8,11-12H2,2-6H3. The van der Waals surface area contributed by atoms with Gasteiger partial charge in [-0.3, -0.25) is 9.59 Å². The van der Waals surface area contributed by atoms with Crippen molar-refractivity contribution in [2.75, 3.05) is 0 Å². The van der Waals surface area contributed by atoms with E-state index < -0.39 is 5.60 Å². The van der Waals surface area contributed by atoms with Gasteiger partial charge in [-0.05, 0) is 87.3 Å². The van der Waals surface area contributed by atoms with E-state index in [1.165, 1.54) is 48.8 Å². The summed E-state index contributed by atoms with van der Waals surface area (Å²) in [5.41, 5.74) is 9.01. The molecule has 0 heterocycles. The zero-order chi connectivity index (χ0) is 29.1. The van der Waals surface area contributed by atoms with Crippen LogP contribution in [0.3, 0.4) is 0 Å². The third kappa shape index (κ3) is 10.8. The quantitative estimate of drug-likeness (QED) is 0.152. The molecule has 0 fully saturated rings. The third-order valence-corrected chi connectivity index (χ3v) is 7.26. The molecule has 4 heteroatoms. The Kier molecular flexibility index (Phi) is 12.4. The Morgan fingerprint density at radius 2 is 1.45 bits per heavy atom. The van der Waals surface area contributed by atoms with Gasteiger partial charge in [0.05, 0.1) is 0 Å². The summed E-state index contributed by atoms with van der Waals surface area (Å²) in [5.74, 6) is 1.93. The van der Waals surface area contributed by atoms with Gasteiger partial charge in [0, 0.05) is 20.3 Å². The number of terminal acetylenes is 1. The molecule has 38 heavy (non-hydrogen) atoms. The normalized spacial score (nSPS) is 21.3. The highest BCUT2D eigenvalue weighted by Gasteiger charge is 2.29. The molecular formula is C34H48O4. The van der Waals surface area contributed by atoms with E-state index in [0.717, 1.165) is 31.3 Å². The number of esters is 2. The third-order valence-electron chi connectivity index (χ3n) is 7.26. The van der Waals surface area contributed by atoms with E-state index in [-0.39, 0.29) is 22.8 Å². The highest BCUT2D eigenvalue weighted by atomic mass is 16.6. The van der Waals surface area contributed by atoms with Gasteiger partial charge in [0.25, 0.3) is 0 Å². The summed E-state index contributed by atoms with van der Waals surface area (Å²) in [5, 5.41) is 0. The van der Waals surface area contributed by atoms with Crippen molar-refractivity contribution >= 4 is 11.9 Å². The monoisotopic (exact) mass is 520 g/mol. The Bertz CT molecular complexity index is 1110. The van der Waals surface area contributed by atoms with Crippen LogP contribution < -0.4 is 0 Å². The van der Waals surface area contributed by atoms with Gasteiger partial charge in [-0.2, -0.15) is 0 Å². The lowest BCUT2D eigenvalue weighted by molar-refractivity contribution is -0.150. The van der Waals surface area contributed by atoms with E-state index >= 15 is 0 Å². The lowest BCUT2D eigenvalue weighted by atomic mass is 9.72. The number of carbonyl (C=O) groups excluding carboxylic acids is 2. The van der Waals surface area contributed by atoms with E-state index in [1.54, 1.807) is 6.92 Å². The molecule has 208 valence electrons. The molecule has 2 rings (SSSR count). The van der Waals surface area contributed by atoms with Crippen LogP contribution >= 0.6 is 0 Å². The summed E-state index contributed by atoms with van der Waals surface area (Å²) in [6.07, 6.45) is 21.8. The van der Waals surface area contributed by atoms with Crippen LogP contribution in [0.25, 0.3) is 0 Å². The minimum Gasteiger partial charge on any atom is -0.446 e. The van der Waals surface area contributed by atoms with Gasteiger partial charge >= 0.3 is 11.9 Å². The predicted octanol–water partition coefficient (Wildman–Crippen LogP) is 8.72. The lowest BCUT2D eigenvalue weighted by Gasteiger charge is -2.33. The minimum absolute atomic E-state index is 0.157. The van der Waals surface area contributed by atoms with Crippen LogP contribution in [0.1, 0.15) is 108 Å². The number of ether oxygens (including phenoxy) is 2. The fourth-order valence-electron chi connectivity index (χ4n) is 5.00. The van der Waals surface area contributed by atoms with Gasteiger partial charge < -0.3 is 9.47 Å². The number of rotatable bonds is 6. The maximum Gasteiger partial charge on any atom is 0.308 e. The van der Waals surface area contributed by atoms with Crippen molar-refractivity contribution < 1.29 is 19.1 Å². The summed E-state index contributed by atoms with van der Waals surface area (Å²) in [6, 6.07) is 0. The fourth-order valence-corrected chi connectivity index (χ4v) is 5.00. The molecule has 0 aromatic carbocycles. The second-order valence-corrected chi connectivity index (χ2v) is 11.9. The van der Waals surface area contributed by atoms with Crippen molar-refractivity contribution in [1.29, 1.82) is 0 Å². The Balaban J connectivity index is 0.000000380. The predicted molar refractivity (Wildman–Crippen MR) is 157 cm³/mol. The average molecular weight is 521 g/mol. The molecule has 1 unspecified atom stereocenters. The summed E-state index contributed by atoms with van der Waals surface area (Å²) < 4.78 is 9.98. The van der Waals surface area contributed by atoms with Crippen molar-refractivity contribution in [3.05, 3.63) is 64.2 Å². The van der Waals surface area contributed by atoms with Gasteiger partial charge in [-0.1, -0.05) is 74.8 Å². The van der Waals surface area contributed by atoms with Crippen molar-refractivity contribution in [2.45, 2.75) is 113 Å². The zero-order valence-electron chi connectivity index (χ0n) is 25.3. The van der Waals surface area contributed by atoms with Crippen molar-refractivity contribution in [1.82, 2.24) is 0 Å². The maximum absolute atomic E-state index is 11.1. The first kappa shape index (κ1) is 33.0. The molecule has 2 aliphatic carbocycles. The average Bonchev–Trinajstić information content (AvgIpc) is 2.77. The molecule has 0 aromatic heterocycles. The van der Waals surface area contributed by atoms with E-state index in [1.807, 2.05) is 6.92 Å². The molecule has 0 saturated carbocycles. The van der Waals surface area contributed by atoms with Gasteiger partial charge in [0.2, 0.25) is 0 Å². The molecule has 0 amide bonds. The molecule has 0 bridgehead atoms. The summed E-state index contributed by atoms with van der Waals surface area (Å²) in [4.78, 5) is 21.7. The molecule has 0 aromatic rings. The molecule has 0 N–H and O–H groups in total. The van der Waals surface area contributed by atoms with Crippen LogP contribution in [-0.4, -0.2) is 17.5 Å². The molecule has 0 aliphatic heterocycles. The number of carbonyl (C=O) groups is 2. The molecular weight excluding hydrogens is 472 g/mol. The van der Waals surface area contributed by atoms with Crippen molar-refractivity contribution in [2.24, 2.45) is 10.8 Å². The van der Waals surface area contributed by atoms with Crippen molar-refractivity contribution in [3.8, 4) is 12.3 Å². The summed E-state index contributed by atoms with van der Waals surface area (Å²) >= 11 is 0. The van der Waals surface area contributed by atoms with E-state index in [0.29, 0.717) is 6.42 Å². The van der Waals surface area contributed by atoms with Crippen LogP contribution in [0.2, 0.25) is 0 Å². The highest BCUT2D eigenvalue weighted by molar-refractivity contribution is 5.67. The highest BCUT2D eigenvalue weighted by Crippen LogP contribution is 2.41. The number of allylic oxidation sites excluding steroid dienone is 8. The maximum atomic E-state index is 11.1. The molecule has 2 aliphatic rings. The Hall–Kier alpha value is -3.02. The van der Waals surface area contributed by atoms with Gasteiger partial charge in [0.1, 0.15) is 6.26 Å². The van der Waals surface area contributed by atoms with Crippen LogP contribution in [0.15, 0.2) is 64.2 Å². The first-order valence-electron chi connectivity index (χ1n) is 13.5. The summed E-state index contributed by atoms with van der Waals surface area (Å²) in [7, 11) is 0. The molecule has 0 radical (unpaired) electrons. The fraction of sp³-hybridized carbons (Fsp3) is 0.559. The number of hydrogen-bond donors (Lipinski definition) is 0. The lowest BCUT2D eigenvalue weighted by Crippen LogP contribution is -2.29. The van der Waals surface area contributed by atoms with Crippen molar-refractivity contribution in [3.63, 3.8) is 0 Å². The summed E-state index contributed by atoms with van der Waals surface area (Å²) in [6.45, 7) is 19.9. The van der Waals surface area contributed by atoms with Crippen LogP contribution in [-0.2, 0) is 19.1 Å². The number of hydrogen-bond acceptors (Lipinski definition) is 4. The minimum atomic E-state index is -0.855. The smallest absolute Gasteiger partial charge is 0.308 e. The first-order valence-corrected chi connectivity index (χ1v) is 13.5. The molecule has 1 atom stereocenters. The van der Waals surface area contributed by atoms with Crippen LogP contribution in [0.4, 0.5) is 0 Å². The second kappa shape index (κ2) is 14.2. The molecule has 0 saturated heterocycles. The van der Waals surface area contributed by atoms with Gasteiger partial charge in [0.15, 0.2) is 5.60 Å². The van der Waals surface area contributed by atoms with Gasteiger partial charge in [-0.15, -0.1) is 6.42 Å². The molecule has 0 spiro atoms. The zero-order valence-corrected chi connectivity index (χ0v) is 25.3. The SMILES string of the molecule is C#CC(C)(CC=C1C(C)=CCCC1(C)C)OC(C)=O.CC(=O)OC=C=C(C)CC=C1C(C)=CCCC1(C)C. The largest absolute Gasteiger partial charge is 0.446 e. The van der Waals surface area contributed by atoms with Gasteiger partial charge in [-0.25, -0.2) is 0 Å². The molecule has 4 nitrogen and oxygen atoms in total. The van der Waals surface area contributed by atoms with Crippen LogP contribution in [0, 0.1) is 23.2 Å². The second-order valence-electron chi connectivity index (χ2n) is 11.9. The van der Waals surface area contributed by atoms with E-state index in [9.17, 15) is 9.59 Å². The first-order chi connectivity index (χ1) is 17.5. The van der Waals surface area contributed by atoms with Crippen LogP contribution in [0.5, 0.6) is 0 Å². The Morgan fingerprint density at radius 1 is 0.947 bits per heavy atom. The Labute approximate surface area is 231 Å². The van der Waals surface area contributed by atoms with E-state index in [2.05, 4.69) is 77.5 Å². The topological polar surface area (TPSA) is 52.6 Å².